The minimum atomic E-state index is -0.0263. The summed E-state index contributed by atoms with van der Waals surface area (Å²) in [4.78, 5) is 14.6. The van der Waals surface area contributed by atoms with Crippen molar-refractivity contribution >= 4 is 28.3 Å². The van der Waals surface area contributed by atoms with E-state index in [-0.39, 0.29) is 17.8 Å². The molecular weight excluding hydrogens is 360 g/mol. The van der Waals surface area contributed by atoms with Gasteiger partial charge < -0.3 is 4.90 Å². The van der Waals surface area contributed by atoms with Gasteiger partial charge in [0, 0.05) is 26.1 Å². The third kappa shape index (κ3) is 3.32. The highest BCUT2D eigenvalue weighted by Gasteiger charge is 2.30. The van der Waals surface area contributed by atoms with Crippen LogP contribution in [0.15, 0.2) is 36.4 Å². The highest BCUT2D eigenvalue weighted by atomic mass is 35.5. The maximum absolute atomic E-state index is 12.7. The summed E-state index contributed by atoms with van der Waals surface area (Å²) < 4.78 is 1.84. The minimum absolute atomic E-state index is 0.00352. The van der Waals surface area contributed by atoms with Gasteiger partial charge >= 0.3 is 0 Å². The summed E-state index contributed by atoms with van der Waals surface area (Å²) in [5.41, 5.74) is 4.55. The average molecular weight is 383 g/mol. The number of nitrogens with zero attached hydrogens (tertiary/aromatic N) is 4. The van der Waals surface area contributed by atoms with E-state index in [1.54, 1.807) is 0 Å². The third-order valence-electron chi connectivity index (χ3n) is 5.69. The quantitative estimate of drug-likeness (QED) is 0.650. The molecule has 0 N–H and O–H groups in total. The maximum Gasteiger partial charge on any atom is 0.238 e. The van der Waals surface area contributed by atoms with Crippen molar-refractivity contribution in [1.29, 1.82) is 0 Å². The topological polar surface area (TPSA) is 51.0 Å². The van der Waals surface area contributed by atoms with E-state index in [4.69, 9.17) is 11.6 Å². The van der Waals surface area contributed by atoms with E-state index < -0.39 is 0 Å². The molecule has 3 aromatic rings. The summed E-state index contributed by atoms with van der Waals surface area (Å²) in [6.07, 6.45) is 2.52. The van der Waals surface area contributed by atoms with Crippen LogP contribution in [-0.2, 0) is 31.2 Å². The standard InChI is InChI=1S/C21H23ClN4O/c1-14-16(8-7-15-5-3-4-6-18(14)15)13-26(21(27)12-22)17-9-10-20-19(11-17)23-24-25(20)2/h3-8,17H,9-13H2,1-2H3. The largest absolute Gasteiger partial charge is 0.334 e. The Morgan fingerprint density at radius 3 is 2.93 bits per heavy atom. The molecule has 140 valence electrons. The predicted octanol–water partition coefficient (Wildman–Crippen LogP) is 3.40. The van der Waals surface area contributed by atoms with Gasteiger partial charge in [-0.3, -0.25) is 9.48 Å². The van der Waals surface area contributed by atoms with Crippen molar-refractivity contribution in [2.24, 2.45) is 7.05 Å². The van der Waals surface area contributed by atoms with Crippen LogP contribution in [0.3, 0.4) is 0 Å². The number of aromatic nitrogens is 3. The summed E-state index contributed by atoms with van der Waals surface area (Å²) in [5.74, 6) is -0.0298. The van der Waals surface area contributed by atoms with Crippen molar-refractivity contribution in [3.05, 3.63) is 58.9 Å². The Bertz CT molecular complexity index is 997. The van der Waals surface area contributed by atoms with Crippen LogP contribution in [0.5, 0.6) is 0 Å². The van der Waals surface area contributed by atoms with Crippen molar-refractivity contribution in [2.75, 3.05) is 5.88 Å². The number of benzene rings is 2. The molecule has 1 aliphatic rings. The van der Waals surface area contributed by atoms with E-state index in [2.05, 4.69) is 47.6 Å². The molecule has 0 saturated carbocycles. The second-order valence-electron chi connectivity index (χ2n) is 7.23. The molecule has 0 spiro atoms. The molecule has 1 heterocycles. The van der Waals surface area contributed by atoms with Gasteiger partial charge in [-0.2, -0.15) is 0 Å². The highest BCUT2D eigenvalue weighted by Crippen LogP contribution is 2.27. The molecule has 1 atom stereocenters. The Morgan fingerprint density at radius 1 is 1.30 bits per heavy atom. The molecule has 0 saturated heterocycles. The lowest BCUT2D eigenvalue weighted by atomic mass is 9.93. The summed E-state index contributed by atoms with van der Waals surface area (Å²) in [6, 6.07) is 12.7. The van der Waals surface area contributed by atoms with Gasteiger partial charge in [-0.1, -0.05) is 41.6 Å². The molecule has 1 unspecified atom stereocenters. The van der Waals surface area contributed by atoms with Crippen LogP contribution < -0.4 is 0 Å². The molecular formula is C21H23ClN4O. The smallest absolute Gasteiger partial charge is 0.238 e. The number of rotatable bonds is 4. The van der Waals surface area contributed by atoms with Gasteiger partial charge in [-0.15, -0.1) is 16.7 Å². The maximum atomic E-state index is 12.7. The molecule has 27 heavy (non-hydrogen) atoms. The molecule has 0 fully saturated rings. The van der Waals surface area contributed by atoms with Crippen LogP contribution in [0.1, 0.15) is 28.9 Å². The molecule has 0 bridgehead atoms. The van der Waals surface area contributed by atoms with Crippen LogP contribution in [0.25, 0.3) is 10.8 Å². The second kappa shape index (κ2) is 7.31. The number of hydrogen-bond donors (Lipinski definition) is 0. The van der Waals surface area contributed by atoms with Crippen molar-refractivity contribution in [3.8, 4) is 0 Å². The first-order valence-electron chi connectivity index (χ1n) is 9.28. The molecule has 2 aromatic carbocycles. The zero-order valence-electron chi connectivity index (χ0n) is 15.7. The van der Waals surface area contributed by atoms with Crippen LogP contribution in [0, 0.1) is 6.92 Å². The lowest BCUT2D eigenvalue weighted by molar-refractivity contribution is -0.131. The van der Waals surface area contributed by atoms with Crippen molar-refractivity contribution in [1.82, 2.24) is 19.9 Å². The van der Waals surface area contributed by atoms with E-state index in [0.717, 1.165) is 30.5 Å². The number of alkyl halides is 1. The highest BCUT2D eigenvalue weighted by molar-refractivity contribution is 6.27. The van der Waals surface area contributed by atoms with Gasteiger partial charge in [-0.05, 0) is 41.7 Å². The summed E-state index contributed by atoms with van der Waals surface area (Å²) >= 11 is 5.95. The number of aryl methyl sites for hydroxylation is 2. The van der Waals surface area contributed by atoms with Crippen molar-refractivity contribution in [3.63, 3.8) is 0 Å². The Morgan fingerprint density at radius 2 is 2.11 bits per heavy atom. The number of carbonyl (C=O) groups is 1. The first kappa shape index (κ1) is 18.0. The fourth-order valence-electron chi connectivity index (χ4n) is 4.10. The van der Waals surface area contributed by atoms with E-state index in [0.29, 0.717) is 6.54 Å². The second-order valence-corrected chi connectivity index (χ2v) is 7.50. The van der Waals surface area contributed by atoms with E-state index in [1.165, 1.54) is 22.0 Å². The Balaban J connectivity index is 1.64. The fourth-order valence-corrected chi connectivity index (χ4v) is 4.26. The Kier molecular flexibility index (Phi) is 4.87. The van der Waals surface area contributed by atoms with Crippen LogP contribution in [0.2, 0.25) is 0 Å². The molecule has 4 rings (SSSR count). The van der Waals surface area contributed by atoms with Crippen molar-refractivity contribution in [2.45, 2.75) is 38.8 Å². The number of amides is 1. The van der Waals surface area contributed by atoms with Crippen LogP contribution >= 0.6 is 11.6 Å². The number of fused-ring (bicyclic) bond motifs is 2. The van der Waals surface area contributed by atoms with E-state index in [9.17, 15) is 4.79 Å². The monoisotopic (exact) mass is 382 g/mol. The van der Waals surface area contributed by atoms with Gasteiger partial charge in [0.25, 0.3) is 0 Å². The lowest BCUT2D eigenvalue weighted by Gasteiger charge is -2.34. The summed E-state index contributed by atoms with van der Waals surface area (Å²) in [7, 11) is 1.92. The average Bonchev–Trinajstić information content (AvgIpc) is 3.07. The van der Waals surface area contributed by atoms with Crippen molar-refractivity contribution < 1.29 is 4.79 Å². The molecule has 6 heteroatoms. The first-order valence-corrected chi connectivity index (χ1v) is 9.82. The molecule has 0 aliphatic heterocycles. The Hall–Kier alpha value is -2.40. The fraction of sp³-hybridized carbons (Fsp3) is 0.381. The van der Waals surface area contributed by atoms with Gasteiger partial charge in [0.1, 0.15) is 5.88 Å². The minimum Gasteiger partial charge on any atom is -0.334 e. The molecule has 0 radical (unpaired) electrons. The van der Waals surface area contributed by atoms with Gasteiger partial charge in [0.05, 0.1) is 11.4 Å². The molecule has 1 aliphatic carbocycles. The zero-order valence-corrected chi connectivity index (χ0v) is 16.4. The number of halogens is 1. The molecule has 5 nitrogen and oxygen atoms in total. The third-order valence-corrected chi connectivity index (χ3v) is 5.92. The summed E-state index contributed by atoms with van der Waals surface area (Å²) in [6.45, 7) is 2.70. The zero-order chi connectivity index (χ0) is 19.0. The van der Waals surface area contributed by atoms with Gasteiger partial charge in [0.2, 0.25) is 5.91 Å². The number of carbonyl (C=O) groups excluding carboxylic acids is 1. The van der Waals surface area contributed by atoms with Gasteiger partial charge in [0.15, 0.2) is 0 Å². The van der Waals surface area contributed by atoms with E-state index in [1.807, 2.05) is 22.7 Å². The first-order chi connectivity index (χ1) is 13.1. The normalized spacial score (nSPS) is 16.3. The summed E-state index contributed by atoms with van der Waals surface area (Å²) in [5, 5.41) is 10.9. The molecule has 1 aromatic heterocycles. The Labute approximate surface area is 163 Å². The van der Waals surface area contributed by atoms with Crippen LogP contribution in [0.4, 0.5) is 0 Å². The van der Waals surface area contributed by atoms with Gasteiger partial charge in [-0.25, -0.2) is 0 Å². The number of hydrogen-bond acceptors (Lipinski definition) is 3. The molecule has 1 amide bonds. The lowest BCUT2D eigenvalue weighted by Crippen LogP contribution is -2.44. The predicted molar refractivity (Wildman–Crippen MR) is 107 cm³/mol. The SMILES string of the molecule is Cc1c(CN(C(=O)CCl)C2CCc3c(nnn3C)C2)ccc2ccccc12. The van der Waals surface area contributed by atoms with Crippen LogP contribution in [-0.4, -0.2) is 37.7 Å². The van der Waals surface area contributed by atoms with E-state index >= 15 is 0 Å².